The lowest BCUT2D eigenvalue weighted by Crippen LogP contribution is -1.84. The van der Waals surface area contributed by atoms with Crippen molar-refractivity contribution in [3.8, 4) is 23.3 Å². The molecule has 2 rings (SSSR count). The molecule has 0 aliphatic rings. The highest BCUT2D eigenvalue weighted by molar-refractivity contribution is 5.70. The van der Waals surface area contributed by atoms with Crippen molar-refractivity contribution in [2.75, 3.05) is 0 Å². The second-order valence-corrected chi connectivity index (χ2v) is 3.00. The molecule has 0 unspecified atom stereocenters. The first kappa shape index (κ1) is 9.05. The summed E-state index contributed by atoms with van der Waals surface area (Å²) < 4.78 is 4.95. The molecular weight excluding hydrogens is 188 g/mol. The Balaban J connectivity index is 2.60. The van der Waals surface area contributed by atoms with Crippen molar-refractivity contribution in [3.05, 3.63) is 47.9 Å². The fourth-order valence-corrected chi connectivity index (χ4v) is 1.38. The highest BCUT2D eigenvalue weighted by Crippen LogP contribution is 2.24. The van der Waals surface area contributed by atoms with Crippen LogP contribution in [0.3, 0.4) is 0 Å². The average Bonchev–Trinajstić information content (AvgIpc) is 2.81. The van der Waals surface area contributed by atoms with Crippen molar-refractivity contribution in [1.82, 2.24) is 0 Å². The predicted octanol–water partition coefficient (Wildman–Crippen LogP) is 2.69. The number of hydrogen-bond donors (Lipinski definition) is 0. The van der Waals surface area contributed by atoms with Crippen molar-refractivity contribution in [3.63, 3.8) is 0 Å². The lowest BCUT2D eigenvalue weighted by Gasteiger charge is -2.00. The summed E-state index contributed by atoms with van der Waals surface area (Å²) in [4.78, 5) is 0. The van der Waals surface area contributed by atoms with Crippen LogP contribution in [-0.2, 0) is 0 Å². The second-order valence-electron chi connectivity index (χ2n) is 3.00. The molecule has 0 atom stereocenters. The number of nitriles is 2. The summed E-state index contributed by atoms with van der Waals surface area (Å²) in [5, 5.41) is 17.6. The van der Waals surface area contributed by atoms with Crippen molar-refractivity contribution in [2.24, 2.45) is 0 Å². The first-order valence-corrected chi connectivity index (χ1v) is 4.32. The molecule has 1 heterocycles. The van der Waals surface area contributed by atoms with Gasteiger partial charge in [-0.15, -0.1) is 0 Å². The highest BCUT2D eigenvalue weighted by Gasteiger charge is 2.06. The third kappa shape index (κ3) is 1.59. The topological polar surface area (TPSA) is 60.7 Å². The first-order chi connectivity index (χ1) is 7.35. The van der Waals surface area contributed by atoms with Crippen molar-refractivity contribution >= 4 is 0 Å². The van der Waals surface area contributed by atoms with E-state index in [2.05, 4.69) is 6.07 Å². The van der Waals surface area contributed by atoms with Gasteiger partial charge in [0.05, 0.1) is 35.8 Å². The van der Waals surface area contributed by atoms with Gasteiger partial charge in [0.25, 0.3) is 0 Å². The minimum absolute atomic E-state index is 0.482. The fraction of sp³-hybridized carbons (Fsp3) is 0. The maximum Gasteiger partial charge on any atom is 0.0998 e. The van der Waals surface area contributed by atoms with Gasteiger partial charge >= 0.3 is 0 Å². The van der Waals surface area contributed by atoms with Gasteiger partial charge in [0.1, 0.15) is 0 Å². The molecule has 0 radical (unpaired) electrons. The number of rotatable bonds is 1. The standard InChI is InChI=1S/C12H6N2O/c13-6-9-1-2-12(11(5-9)7-14)10-3-4-15-8-10/h1-5,8H. The summed E-state index contributed by atoms with van der Waals surface area (Å²) in [5.41, 5.74) is 2.59. The molecule has 1 aromatic carbocycles. The monoisotopic (exact) mass is 194 g/mol. The third-order valence-electron chi connectivity index (χ3n) is 2.10. The van der Waals surface area contributed by atoms with Gasteiger partial charge in [-0.3, -0.25) is 0 Å². The number of benzene rings is 1. The Morgan fingerprint density at radius 3 is 2.53 bits per heavy atom. The summed E-state index contributed by atoms with van der Waals surface area (Å²) in [6.07, 6.45) is 3.12. The lowest BCUT2D eigenvalue weighted by atomic mass is 10.0. The molecule has 0 fully saturated rings. The molecular formula is C12H6N2O. The van der Waals surface area contributed by atoms with Crippen LogP contribution in [0.4, 0.5) is 0 Å². The maximum atomic E-state index is 8.95. The first-order valence-electron chi connectivity index (χ1n) is 4.32. The lowest BCUT2D eigenvalue weighted by molar-refractivity contribution is 0.568. The minimum atomic E-state index is 0.482. The molecule has 0 N–H and O–H groups in total. The molecule has 0 bridgehead atoms. The molecule has 0 aliphatic carbocycles. The highest BCUT2D eigenvalue weighted by atomic mass is 16.3. The zero-order valence-electron chi connectivity index (χ0n) is 7.77. The SMILES string of the molecule is N#Cc1ccc(-c2ccoc2)c(C#N)c1. The Morgan fingerprint density at radius 1 is 1.07 bits per heavy atom. The van der Waals surface area contributed by atoms with E-state index in [0.29, 0.717) is 11.1 Å². The van der Waals surface area contributed by atoms with Crippen molar-refractivity contribution in [1.29, 1.82) is 10.5 Å². The van der Waals surface area contributed by atoms with Crippen LogP contribution in [-0.4, -0.2) is 0 Å². The summed E-state index contributed by atoms with van der Waals surface area (Å²) in [7, 11) is 0. The average molecular weight is 194 g/mol. The van der Waals surface area contributed by atoms with E-state index >= 15 is 0 Å². The van der Waals surface area contributed by atoms with Crippen molar-refractivity contribution in [2.45, 2.75) is 0 Å². The van der Waals surface area contributed by atoms with Crippen LogP contribution < -0.4 is 0 Å². The molecule has 15 heavy (non-hydrogen) atoms. The quantitative estimate of drug-likeness (QED) is 0.701. The number of hydrogen-bond acceptors (Lipinski definition) is 3. The number of furan rings is 1. The largest absolute Gasteiger partial charge is 0.472 e. The summed E-state index contributed by atoms with van der Waals surface area (Å²) in [6.45, 7) is 0. The van der Waals surface area contributed by atoms with Crippen LogP contribution in [0.15, 0.2) is 41.2 Å². The molecule has 0 saturated carbocycles. The molecule has 0 spiro atoms. The van der Waals surface area contributed by atoms with Gasteiger partial charge < -0.3 is 4.42 Å². The normalized spacial score (nSPS) is 9.20. The molecule has 0 saturated heterocycles. The van der Waals surface area contributed by atoms with Crippen LogP contribution in [0.5, 0.6) is 0 Å². The summed E-state index contributed by atoms with van der Waals surface area (Å²) >= 11 is 0. The van der Waals surface area contributed by atoms with Crippen LogP contribution >= 0.6 is 0 Å². The van der Waals surface area contributed by atoms with E-state index in [4.69, 9.17) is 14.9 Å². The van der Waals surface area contributed by atoms with Crippen LogP contribution in [0.2, 0.25) is 0 Å². The fourth-order valence-electron chi connectivity index (χ4n) is 1.38. The van der Waals surface area contributed by atoms with E-state index in [1.54, 1.807) is 36.8 Å². The smallest absolute Gasteiger partial charge is 0.0998 e. The zero-order valence-corrected chi connectivity index (χ0v) is 7.77. The van der Waals surface area contributed by atoms with E-state index in [0.717, 1.165) is 11.1 Å². The molecule has 3 nitrogen and oxygen atoms in total. The van der Waals surface area contributed by atoms with Crippen LogP contribution in [0.1, 0.15) is 11.1 Å². The second kappa shape index (κ2) is 3.69. The van der Waals surface area contributed by atoms with Crippen LogP contribution in [0.25, 0.3) is 11.1 Å². The molecule has 0 amide bonds. The van der Waals surface area contributed by atoms with Gasteiger partial charge in [-0.2, -0.15) is 10.5 Å². The Kier molecular flexibility index (Phi) is 2.23. The van der Waals surface area contributed by atoms with E-state index in [-0.39, 0.29) is 0 Å². The van der Waals surface area contributed by atoms with Gasteiger partial charge in [0.2, 0.25) is 0 Å². The van der Waals surface area contributed by atoms with E-state index < -0.39 is 0 Å². The molecule has 2 aromatic rings. The van der Waals surface area contributed by atoms with Gasteiger partial charge in [0, 0.05) is 11.1 Å². The molecule has 0 aliphatic heterocycles. The van der Waals surface area contributed by atoms with Gasteiger partial charge in [-0.25, -0.2) is 0 Å². The minimum Gasteiger partial charge on any atom is -0.472 e. The Hall–Kier alpha value is -2.52. The molecule has 3 heteroatoms. The van der Waals surface area contributed by atoms with Crippen LogP contribution in [0, 0.1) is 22.7 Å². The zero-order chi connectivity index (χ0) is 10.7. The maximum absolute atomic E-state index is 8.95. The van der Waals surface area contributed by atoms with E-state index in [9.17, 15) is 0 Å². The molecule has 70 valence electrons. The van der Waals surface area contributed by atoms with Gasteiger partial charge in [-0.05, 0) is 18.2 Å². The molecule has 1 aromatic heterocycles. The Labute approximate surface area is 86.8 Å². The third-order valence-corrected chi connectivity index (χ3v) is 2.10. The Morgan fingerprint density at radius 2 is 1.93 bits per heavy atom. The number of nitrogens with zero attached hydrogens (tertiary/aromatic N) is 2. The van der Waals surface area contributed by atoms with E-state index in [1.165, 1.54) is 0 Å². The summed E-state index contributed by atoms with van der Waals surface area (Å²) in [5.74, 6) is 0. The van der Waals surface area contributed by atoms with E-state index in [1.807, 2.05) is 6.07 Å². The van der Waals surface area contributed by atoms with Crippen molar-refractivity contribution < 1.29 is 4.42 Å². The summed E-state index contributed by atoms with van der Waals surface area (Å²) in [6, 6.07) is 10.9. The van der Waals surface area contributed by atoms with Gasteiger partial charge in [0.15, 0.2) is 0 Å². The van der Waals surface area contributed by atoms with Gasteiger partial charge in [-0.1, -0.05) is 6.07 Å². The predicted molar refractivity (Wildman–Crippen MR) is 53.6 cm³/mol. The Bertz CT molecular complexity index is 556.